The van der Waals surface area contributed by atoms with Crippen LogP contribution < -0.4 is 10.1 Å². The molecule has 0 radical (unpaired) electrons. The molecule has 154 valence electrons. The van der Waals surface area contributed by atoms with E-state index in [1.807, 2.05) is 12.1 Å². The first-order chi connectivity index (χ1) is 14.4. The maximum absolute atomic E-state index is 13.1. The van der Waals surface area contributed by atoms with Gasteiger partial charge >= 0.3 is 6.18 Å². The van der Waals surface area contributed by atoms with Crippen LogP contribution in [0.4, 0.5) is 18.9 Å². The van der Waals surface area contributed by atoms with Crippen molar-refractivity contribution in [1.29, 1.82) is 0 Å². The molecular weight excluding hydrogens is 395 g/mol. The number of halogens is 3. The number of nitrogens with one attached hydrogen (secondary N) is 1. The van der Waals surface area contributed by atoms with Crippen molar-refractivity contribution in [3.8, 4) is 5.75 Å². The molecule has 0 aliphatic carbocycles. The van der Waals surface area contributed by atoms with Crippen molar-refractivity contribution in [1.82, 2.24) is 9.88 Å². The topological polar surface area (TPSA) is 54.5 Å². The third kappa shape index (κ3) is 3.80. The molecule has 0 saturated heterocycles. The van der Waals surface area contributed by atoms with Crippen molar-refractivity contribution in [2.75, 3.05) is 12.4 Å². The van der Waals surface area contributed by atoms with Crippen LogP contribution in [0.5, 0.6) is 5.75 Å². The van der Waals surface area contributed by atoms with Crippen molar-refractivity contribution in [3.05, 3.63) is 89.2 Å². The second kappa shape index (κ2) is 7.70. The molecule has 1 amide bonds. The van der Waals surface area contributed by atoms with Gasteiger partial charge in [-0.05, 0) is 48.0 Å². The highest BCUT2D eigenvalue weighted by atomic mass is 19.4. The van der Waals surface area contributed by atoms with E-state index in [1.165, 1.54) is 12.1 Å². The minimum Gasteiger partial charge on any atom is -0.497 e. The Morgan fingerprint density at radius 1 is 1.10 bits per heavy atom. The lowest BCUT2D eigenvalue weighted by Crippen LogP contribution is -2.32. The van der Waals surface area contributed by atoms with Crippen molar-refractivity contribution in [2.24, 2.45) is 0 Å². The minimum atomic E-state index is -4.46. The molecule has 1 unspecified atom stereocenters. The van der Waals surface area contributed by atoms with Crippen molar-refractivity contribution in [3.63, 3.8) is 0 Å². The fourth-order valence-electron chi connectivity index (χ4n) is 3.42. The molecule has 1 N–H and O–H groups in total. The molecule has 3 aromatic rings. The molecule has 2 aromatic carbocycles. The Morgan fingerprint density at radius 3 is 2.57 bits per heavy atom. The average Bonchev–Trinajstić information content (AvgIpc) is 3.00. The Hall–Kier alpha value is -3.55. The van der Waals surface area contributed by atoms with Crippen molar-refractivity contribution >= 4 is 11.6 Å². The van der Waals surface area contributed by atoms with Crippen LogP contribution in [0, 0.1) is 0 Å². The molecule has 30 heavy (non-hydrogen) atoms. The van der Waals surface area contributed by atoms with Crippen LogP contribution in [0.2, 0.25) is 0 Å². The molecular formula is C22H18F3N3O2. The van der Waals surface area contributed by atoms with Crippen LogP contribution in [0.15, 0.2) is 66.9 Å². The third-order valence-electron chi connectivity index (χ3n) is 4.91. The van der Waals surface area contributed by atoms with E-state index in [-0.39, 0.29) is 18.1 Å². The van der Waals surface area contributed by atoms with E-state index in [0.717, 1.165) is 17.7 Å². The van der Waals surface area contributed by atoms with Crippen LogP contribution in [0.1, 0.15) is 33.3 Å². The second-order valence-electron chi connectivity index (χ2n) is 6.84. The summed E-state index contributed by atoms with van der Waals surface area (Å²) in [6.07, 6.45) is -3.59. The number of hydrogen-bond donors (Lipinski definition) is 1. The number of nitrogens with zero attached hydrogens (tertiary/aromatic N) is 2. The van der Waals surface area contributed by atoms with Crippen molar-refractivity contribution in [2.45, 2.75) is 18.9 Å². The lowest BCUT2D eigenvalue weighted by molar-refractivity contribution is -0.137. The number of anilines is 1. The number of alkyl halides is 3. The van der Waals surface area contributed by atoms with Crippen LogP contribution in [-0.2, 0) is 12.7 Å². The van der Waals surface area contributed by atoms with Gasteiger partial charge in [-0.3, -0.25) is 9.78 Å². The van der Waals surface area contributed by atoms with Gasteiger partial charge in [0.05, 0.1) is 23.9 Å². The summed E-state index contributed by atoms with van der Waals surface area (Å²) in [4.78, 5) is 18.9. The molecule has 1 aliphatic heterocycles. The molecule has 5 nitrogen and oxygen atoms in total. The smallest absolute Gasteiger partial charge is 0.416 e. The first kappa shape index (κ1) is 19.8. The second-order valence-corrected chi connectivity index (χ2v) is 6.84. The van der Waals surface area contributed by atoms with E-state index in [9.17, 15) is 18.0 Å². The largest absolute Gasteiger partial charge is 0.497 e. The lowest BCUT2D eigenvalue weighted by atomic mass is 10.1. The van der Waals surface area contributed by atoms with Gasteiger partial charge in [0.15, 0.2) is 0 Å². The molecule has 0 fully saturated rings. The molecule has 8 heteroatoms. The number of pyridine rings is 1. The summed E-state index contributed by atoms with van der Waals surface area (Å²) in [5.41, 5.74) is 1.25. The Labute approximate surface area is 171 Å². The minimum absolute atomic E-state index is 0.238. The summed E-state index contributed by atoms with van der Waals surface area (Å²) in [5.74, 6) is 0.452. The van der Waals surface area contributed by atoms with Crippen LogP contribution >= 0.6 is 0 Å². The summed E-state index contributed by atoms with van der Waals surface area (Å²) in [6.45, 7) is 0.260. The van der Waals surface area contributed by atoms with Gasteiger partial charge < -0.3 is 15.0 Å². The van der Waals surface area contributed by atoms with Gasteiger partial charge in [0.25, 0.3) is 5.91 Å². The van der Waals surface area contributed by atoms with E-state index in [4.69, 9.17) is 4.74 Å². The predicted molar refractivity (Wildman–Crippen MR) is 105 cm³/mol. The molecule has 0 saturated carbocycles. The fraction of sp³-hybridized carbons (Fsp3) is 0.182. The summed E-state index contributed by atoms with van der Waals surface area (Å²) in [5, 5.41) is 3.05. The number of aromatic nitrogens is 1. The normalized spacial score (nSPS) is 15.8. The highest BCUT2D eigenvalue weighted by Gasteiger charge is 2.38. The summed E-state index contributed by atoms with van der Waals surface area (Å²) in [6, 6.07) is 15.5. The fourth-order valence-corrected chi connectivity index (χ4v) is 3.42. The molecule has 1 atom stereocenters. The number of carbonyl (C=O) groups is 1. The Balaban J connectivity index is 1.66. The maximum Gasteiger partial charge on any atom is 0.416 e. The zero-order chi connectivity index (χ0) is 21.3. The van der Waals surface area contributed by atoms with Gasteiger partial charge in [0.1, 0.15) is 11.9 Å². The zero-order valence-corrected chi connectivity index (χ0v) is 16.0. The highest BCUT2D eigenvalue weighted by Crippen LogP contribution is 2.36. The van der Waals surface area contributed by atoms with Gasteiger partial charge in [0.2, 0.25) is 0 Å². The first-order valence-electron chi connectivity index (χ1n) is 9.19. The van der Waals surface area contributed by atoms with Crippen LogP contribution in [-0.4, -0.2) is 22.9 Å². The van der Waals surface area contributed by atoms with Gasteiger partial charge in [-0.1, -0.05) is 18.2 Å². The molecule has 0 spiro atoms. The number of benzene rings is 2. The number of methoxy groups -OCH3 is 1. The molecule has 1 aliphatic rings. The maximum atomic E-state index is 13.1. The summed E-state index contributed by atoms with van der Waals surface area (Å²) < 4.78 is 44.4. The Bertz CT molecular complexity index is 1070. The number of amides is 1. The highest BCUT2D eigenvalue weighted by molar-refractivity contribution is 5.98. The van der Waals surface area contributed by atoms with E-state index in [1.54, 1.807) is 42.5 Å². The number of carbonyl (C=O) groups excluding carboxylic acids is 1. The number of hydrogen-bond acceptors (Lipinski definition) is 4. The Kier molecular flexibility index (Phi) is 5.07. The molecule has 1 aromatic heterocycles. The monoisotopic (exact) mass is 413 g/mol. The zero-order valence-electron chi connectivity index (χ0n) is 16.0. The summed E-state index contributed by atoms with van der Waals surface area (Å²) >= 11 is 0. The number of rotatable bonds is 5. The number of ether oxygens (including phenoxy) is 1. The first-order valence-corrected chi connectivity index (χ1v) is 9.19. The van der Waals surface area contributed by atoms with Gasteiger partial charge in [0, 0.05) is 18.4 Å². The van der Waals surface area contributed by atoms with E-state index < -0.39 is 17.9 Å². The molecule has 4 rings (SSSR count). The van der Waals surface area contributed by atoms with Crippen molar-refractivity contribution < 1.29 is 22.7 Å². The van der Waals surface area contributed by atoms with Crippen LogP contribution in [0.25, 0.3) is 0 Å². The average molecular weight is 413 g/mol. The lowest BCUT2D eigenvalue weighted by Gasteiger charge is -2.27. The third-order valence-corrected chi connectivity index (χ3v) is 4.91. The SMILES string of the molecule is COc1ccc(CN2C(=O)c3cccnc3C2Nc2cccc(C(F)(F)F)c2)cc1. The predicted octanol–water partition coefficient (Wildman–Crippen LogP) is 4.88. The van der Waals surface area contributed by atoms with E-state index >= 15 is 0 Å². The van der Waals surface area contributed by atoms with Crippen LogP contribution in [0.3, 0.4) is 0 Å². The molecule has 2 heterocycles. The Morgan fingerprint density at radius 2 is 1.87 bits per heavy atom. The molecule has 0 bridgehead atoms. The quantitative estimate of drug-likeness (QED) is 0.648. The van der Waals surface area contributed by atoms with Gasteiger partial charge in [-0.15, -0.1) is 0 Å². The van der Waals surface area contributed by atoms with E-state index in [0.29, 0.717) is 17.0 Å². The standard InChI is InChI=1S/C22H18F3N3O2/c1-30-17-9-7-14(8-10-17)13-28-20(19-18(21(28)29)6-3-11-26-19)27-16-5-2-4-15(12-16)22(23,24)25/h2-12,20,27H,13H2,1H3. The number of fused-ring (bicyclic) bond motifs is 1. The van der Waals surface area contributed by atoms with E-state index in [2.05, 4.69) is 10.3 Å². The van der Waals surface area contributed by atoms with Gasteiger partial charge in [-0.2, -0.15) is 13.2 Å². The summed E-state index contributed by atoms with van der Waals surface area (Å²) in [7, 11) is 1.57. The van der Waals surface area contributed by atoms with Gasteiger partial charge in [-0.25, -0.2) is 0 Å².